The Labute approximate surface area is 126 Å². The molecule has 1 aliphatic heterocycles. The number of ether oxygens (including phenoxy) is 1. The second-order valence-electron chi connectivity index (χ2n) is 4.38. The first kappa shape index (κ1) is 16.6. The van der Waals surface area contributed by atoms with E-state index in [2.05, 4.69) is 25.4 Å². The van der Waals surface area contributed by atoms with Crippen LogP contribution in [-0.2, 0) is 13.8 Å². The topological polar surface area (TPSA) is 157 Å². The van der Waals surface area contributed by atoms with E-state index in [4.69, 9.17) is 20.3 Å². The SMILES string of the molecule is Nc1nc(=O)n(C2CC(O)C(COP(=O)(O)O)O2)cc1Br. The zero-order valence-electron chi connectivity index (χ0n) is 10.5. The summed E-state index contributed by atoms with van der Waals surface area (Å²) in [6, 6.07) is 0. The molecule has 118 valence electrons. The molecular formula is C9H13BrN3O7P. The van der Waals surface area contributed by atoms with Gasteiger partial charge in [-0.25, -0.2) is 9.36 Å². The van der Waals surface area contributed by atoms with Gasteiger partial charge in [-0.1, -0.05) is 0 Å². The van der Waals surface area contributed by atoms with E-state index in [1.54, 1.807) is 0 Å². The molecule has 2 heterocycles. The molecule has 1 fully saturated rings. The number of anilines is 1. The highest BCUT2D eigenvalue weighted by Crippen LogP contribution is 2.38. The lowest BCUT2D eigenvalue weighted by molar-refractivity contribution is -0.0450. The molecule has 1 saturated heterocycles. The van der Waals surface area contributed by atoms with Gasteiger partial charge >= 0.3 is 13.5 Å². The Morgan fingerprint density at radius 1 is 1.62 bits per heavy atom. The molecule has 0 aromatic carbocycles. The number of aliphatic hydroxyl groups excluding tert-OH is 1. The average Bonchev–Trinajstić information content (AvgIpc) is 2.72. The molecule has 0 amide bonds. The Kier molecular flexibility index (Phi) is 4.83. The van der Waals surface area contributed by atoms with Crippen LogP contribution in [-0.4, -0.2) is 43.3 Å². The van der Waals surface area contributed by atoms with E-state index in [-0.39, 0.29) is 12.2 Å². The third-order valence-corrected chi connectivity index (χ3v) is 3.95. The van der Waals surface area contributed by atoms with Crippen LogP contribution in [0.25, 0.3) is 0 Å². The lowest BCUT2D eigenvalue weighted by atomic mass is 10.2. The molecule has 0 spiro atoms. The van der Waals surface area contributed by atoms with Gasteiger partial charge in [0.1, 0.15) is 18.1 Å². The van der Waals surface area contributed by atoms with Crippen LogP contribution >= 0.6 is 23.8 Å². The van der Waals surface area contributed by atoms with Crippen molar-refractivity contribution in [3.63, 3.8) is 0 Å². The van der Waals surface area contributed by atoms with E-state index in [0.717, 1.165) is 4.57 Å². The maximum atomic E-state index is 11.7. The molecule has 1 aliphatic rings. The van der Waals surface area contributed by atoms with Gasteiger partial charge in [0.25, 0.3) is 0 Å². The molecule has 1 aromatic rings. The Hall–Kier alpha value is -0.810. The van der Waals surface area contributed by atoms with Crippen molar-refractivity contribution in [1.29, 1.82) is 0 Å². The summed E-state index contributed by atoms with van der Waals surface area (Å²) in [5.74, 6) is 0.0242. The molecule has 2 rings (SSSR count). The van der Waals surface area contributed by atoms with Gasteiger partial charge in [-0.2, -0.15) is 4.98 Å². The summed E-state index contributed by atoms with van der Waals surface area (Å²) < 4.78 is 21.8. The fourth-order valence-corrected chi connectivity index (χ4v) is 2.52. The minimum Gasteiger partial charge on any atom is -0.390 e. The number of nitrogens with two attached hydrogens (primary N) is 1. The number of phosphoric ester groups is 1. The first-order valence-electron chi connectivity index (χ1n) is 5.75. The number of nitrogens with zero attached hydrogens (tertiary/aromatic N) is 2. The normalized spacial score (nSPS) is 26.2. The predicted octanol–water partition coefficient (Wildman–Crippen LogP) is -0.654. The zero-order chi connectivity index (χ0) is 15.8. The van der Waals surface area contributed by atoms with Gasteiger partial charge in [0, 0.05) is 12.6 Å². The maximum Gasteiger partial charge on any atom is 0.469 e. The smallest absolute Gasteiger partial charge is 0.390 e. The molecule has 0 radical (unpaired) electrons. The summed E-state index contributed by atoms with van der Waals surface area (Å²) in [5, 5.41) is 9.80. The van der Waals surface area contributed by atoms with Crippen LogP contribution in [0.3, 0.4) is 0 Å². The van der Waals surface area contributed by atoms with Gasteiger partial charge in [0.15, 0.2) is 0 Å². The number of rotatable bonds is 4. The Morgan fingerprint density at radius 3 is 2.90 bits per heavy atom. The first-order valence-corrected chi connectivity index (χ1v) is 8.07. The number of phosphoric acid groups is 1. The molecule has 10 nitrogen and oxygen atoms in total. The third kappa shape index (κ3) is 4.10. The van der Waals surface area contributed by atoms with Crippen LogP contribution in [0.5, 0.6) is 0 Å². The monoisotopic (exact) mass is 385 g/mol. The fourth-order valence-electron chi connectivity index (χ4n) is 1.87. The Morgan fingerprint density at radius 2 is 2.29 bits per heavy atom. The lowest BCUT2D eigenvalue weighted by Gasteiger charge is -2.16. The minimum atomic E-state index is -4.66. The zero-order valence-corrected chi connectivity index (χ0v) is 13.0. The van der Waals surface area contributed by atoms with Gasteiger partial charge < -0.3 is 25.4 Å². The third-order valence-electron chi connectivity index (χ3n) is 2.86. The van der Waals surface area contributed by atoms with E-state index in [1.807, 2.05) is 0 Å². The Bertz CT molecular complexity index is 632. The van der Waals surface area contributed by atoms with E-state index in [0.29, 0.717) is 4.47 Å². The molecule has 0 saturated carbocycles. The first-order chi connectivity index (χ1) is 9.67. The van der Waals surface area contributed by atoms with Crippen LogP contribution < -0.4 is 11.4 Å². The second-order valence-corrected chi connectivity index (χ2v) is 6.48. The molecule has 21 heavy (non-hydrogen) atoms. The van der Waals surface area contributed by atoms with Crippen LogP contribution in [0.1, 0.15) is 12.6 Å². The quantitative estimate of drug-likeness (QED) is 0.494. The molecule has 0 bridgehead atoms. The number of aromatic nitrogens is 2. The summed E-state index contributed by atoms with van der Waals surface area (Å²) in [6.45, 7) is -0.500. The highest BCUT2D eigenvalue weighted by atomic mass is 79.9. The molecular weight excluding hydrogens is 373 g/mol. The van der Waals surface area contributed by atoms with Crippen molar-refractivity contribution in [2.24, 2.45) is 0 Å². The molecule has 0 aliphatic carbocycles. The van der Waals surface area contributed by atoms with Gasteiger partial charge in [-0.3, -0.25) is 9.09 Å². The molecule has 3 atom stereocenters. The highest BCUT2D eigenvalue weighted by Gasteiger charge is 2.37. The van der Waals surface area contributed by atoms with E-state index in [9.17, 15) is 14.5 Å². The van der Waals surface area contributed by atoms with Gasteiger partial charge in [0.2, 0.25) is 0 Å². The minimum absolute atomic E-state index is 0.0242. The van der Waals surface area contributed by atoms with Crippen LogP contribution in [0.2, 0.25) is 0 Å². The number of hydrogen-bond donors (Lipinski definition) is 4. The van der Waals surface area contributed by atoms with E-state index < -0.39 is 38.6 Å². The Balaban J connectivity index is 2.12. The van der Waals surface area contributed by atoms with Gasteiger partial charge in [0.05, 0.1) is 17.2 Å². The maximum absolute atomic E-state index is 11.7. The summed E-state index contributed by atoms with van der Waals surface area (Å²) in [4.78, 5) is 32.6. The van der Waals surface area contributed by atoms with Crippen LogP contribution in [0.4, 0.5) is 5.82 Å². The predicted molar refractivity (Wildman–Crippen MR) is 73.1 cm³/mol. The van der Waals surface area contributed by atoms with Crippen molar-refractivity contribution in [1.82, 2.24) is 9.55 Å². The second kappa shape index (κ2) is 6.13. The average molecular weight is 386 g/mol. The number of nitrogen functional groups attached to an aromatic ring is 1. The van der Waals surface area contributed by atoms with Crippen molar-refractivity contribution in [2.75, 3.05) is 12.3 Å². The summed E-state index contributed by atoms with van der Waals surface area (Å²) in [6.07, 6.45) is -1.42. The molecule has 3 unspecified atom stereocenters. The fraction of sp³-hybridized carbons (Fsp3) is 0.556. The lowest BCUT2D eigenvalue weighted by Crippen LogP contribution is -2.28. The van der Waals surface area contributed by atoms with Crippen molar-refractivity contribution >= 4 is 29.6 Å². The summed E-state index contributed by atoms with van der Waals surface area (Å²) >= 11 is 3.12. The number of halogens is 1. The number of hydrogen-bond acceptors (Lipinski definition) is 7. The molecule has 5 N–H and O–H groups in total. The van der Waals surface area contributed by atoms with Crippen molar-refractivity contribution in [3.8, 4) is 0 Å². The van der Waals surface area contributed by atoms with Gasteiger partial charge in [-0.05, 0) is 15.9 Å². The molecule has 12 heteroatoms. The van der Waals surface area contributed by atoms with Crippen LogP contribution in [0.15, 0.2) is 15.5 Å². The van der Waals surface area contributed by atoms with Crippen molar-refractivity contribution < 1.29 is 28.7 Å². The summed E-state index contributed by atoms with van der Waals surface area (Å²) in [7, 11) is -4.66. The summed E-state index contributed by atoms with van der Waals surface area (Å²) in [5.41, 5.74) is 4.81. The molecule has 1 aromatic heterocycles. The van der Waals surface area contributed by atoms with Crippen molar-refractivity contribution in [3.05, 3.63) is 21.2 Å². The van der Waals surface area contributed by atoms with E-state index >= 15 is 0 Å². The largest absolute Gasteiger partial charge is 0.469 e. The number of aliphatic hydroxyl groups is 1. The highest BCUT2D eigenvalue weighted by molar-refractivity contribution is 9.10. The van der Waals surface area contributed by atoms with Crippen molar-refractivity contribution in [2.45, 2.75) is 24.9 Å². The van der Waals surface area contributed by atoms with Gasteiger partial charge in [-0.15, -0.1) is 0 Å². The standard InChI is InChI=1S/C9H13BrN3O7P/c10-4-2-13(9(15)12-8(4)11)7-1-5(14)6(20-7)3-19-21(16,17)18/h2,5-7,14H,1,3H2,(H2,11,12,15)(H2,16,17,18). The van der Waals surface area contributed by atoms with Crippen LogP contribution in [0, 0.1) is 0 Å². The van der Waals surface area contributed by atoms with E-state index in [1.165, 1.54) is 6.20 Å².